The van der Waals surface area contributed by atoms with Crippen LogP contribution in [0.1, 0.15) is 41.8 Å². The molecule has 0 fully saturated rings. The molecule has 0 aliphatic heterocycles. The summed E-state index contributed by atoms with van der Waals surface area (Å²) >= 11 is 5.18. The summed E-state index contributed by atoms with van der Waals surface area (Å²) in [6.07, 6.45) is 3.69. The van der Waals surface area contributed by atoms with E-state index in [-0.39, 0.29) is 41.5 Å². The number of furan rings is 1. The molecule has 0 unspecified atom stereocenters. The van der Waals surface area contributed by atoms with Gasteiger partial charge in [-0.1, -0.05) is 36.4 Å². The number of anilines is 2. The Morgan fingerprint density at radius 2 is 1.63 bits per heavy atom. The first-order chi connectivity index (χ1) is 17.0. The molecule has 35 heavy (non-hydrogen) atoms. The average Bonchev–Trinajstić information content (AvgIpc) is 3.38. The lowest BCUT2D eigenvalue weighted by atomic mass is 10.1. The van der Waals surface area contributed by atoms with Crippen molar-refractivity contribution < 1.29 is 23.5 Å². The Bertz CT molecular complexity index is 1130. The largest absolute Gasteiger partial charge is 0.466 e. The molecular weight excluding hydrogens is 466 g/mol. The summed E-state index contributed by atoms with van der Waals surface area (Å²) in [4.78, 5) is 36.1. The number of hydrogen-bond acceptors (Lipinski definition) is 6. The molecular formula is C26H27N3O5S. The first-order valence-electron chi connectivity index (χ1n) is 11.2. The highest BCUT2D eigenvalue weighted by molar-refractivity contribution is 7.80. The number of ether oxygens (including phenoxy) is 1. The fraction of sp³-hybridized carbons (Fsp3) is 0.231. The van der Waals surface area contributed by atoms with Crippen molar-refractivity contribution in [1.82, 2.24) is 5.32 Å². The Hall–Kier alpha value is -3.98. The SMILES string of the molecule is O=C(CCCC(=O)OCCCc1ccccc1)NC(=S)Nc1cccc(NC(=O)c2ccco2)c1. The van der Waals surface area contributed by atoms with Crippen LogP contribution in [0.15, 0.2) is 77.4 Å². The van der Waals surface area contributed by atoms with E-state index in [1.807, 2.05) is 30.3 Å². The second kappa shape index (κ2) is 13.7. The third-order valence-corrected chi connectivity index (χ3v) is 5.08. The lowest BCUT2D eigenvalue weighted by Crippen LogP contribution is -2.34. The summed E-state index contributed by atoms with van der Waals surface area (Å²) in [7, 11) is 0. The summed E-state index contributed by atoms with van der Waals surface area (Å²) in [6.45, 7) is 0.356. The molecule has 0 saturated heterocycles. The van der Waals surface area contributed by atoms with Gasteiger partial charge >= 0.3 is 5.97 Å². The molecule has 8 nitrogen and oxygen atoms in total. The minimum Gasteiger partial charge on any atom is -0.466 e. The lowest BCUT2D eigenvalue weighted by molar-refractivity contribution is -0.143. The van der Waals surface area contributed by atoms with Crippen molar-refractivity contribution in [2.45, 2.75) is 32.1 Å². The van der Waals surface area contributed by atoms with Crippen LogP contribution in [0.4, 0.5) is 11.4 Å². The van der Waals surface area contributed by atoms with Gasteiger partial charge in [-0.15, -0.1) is 0 Å². The van der Waals surface area contributed by atoms with E-state index in [9.17, 15) is 14.4 Å². The van der Waals surface area contributed by atoms with E-state index in [4.69, 9.17) is 21.4 Å². The molecule has 2 amide bonds. The van der Waals surface area contributed by atoms with Crippen LogP contribution in [-0.2, 0) is 20.7 Å². The molecule has 2 aromatic carbocycles. The van der Waals surface area contributed by atoms with Crippen molar-refractivity contribution in [3.05, 3.63) is 84.3 Å². The third kappa shape index (κ3) is 9.42. The average molecular weight is 494 g/mol. The minimum absolute atomic E-state index is 0.119. The highest BCUT2D eigenvalue weighted by atomic mass is 32.1. The predicted octanol–water partition coefficient (Wildman–Crippen LogP) is 4.69. The van der Waals surface area contributed by atoms with E-state index in [1.165, 1.54) is 11.8 Å². The van der Waals surface area contributed by atoms with E-state index < -0.39 is 0 Å². The zero-order chi connectivity index (χ0) is 24.9. The van der Waals surface area contributed by atoms with Crippen LogP contribution in [0.5, 0.6) is 0 Å². The van der Waals surface area contributed by atoms with Crippen LogP contribution in [0.2, 0.25) is 0 Å². The van der Waals surface area contributed by atoms with Crippen LogP contribution in [0, 0.1) is 0 Å². The molecule has 182 valence electrons. The summed E-state index contributed by atoms with van der Waals surface area (Å²) in [6, 6.07) is 20.1. The van der Waals surface area contributed by atoms with Crippen LogP contribution < -0.4 is 16.0 Å². The Balaban J connectivity index is 1.30. The van der Waals surface area contributed by atoms with Crippen molar-refractivity contribution in [2.24, 2.45) is 0 Å². The van der Waals surface area contributed by atoms with E-state index in [0.29, 0.717) is 24.4 Å². The second-order valence-electron chi connectivity index (χ2n) is 7.68. The molecule has 0 spiro atoms. The van der Waals surface area contributed by atoms with Crippen molar-refractivity contribution in [2.75, 3.05) is 17.2 Å². The molecule has 0 saturated carbocycles. The molecule has 3 rings (SSSR count). The van der Waals surface area contributed by atoms with Gasteiger partial charge in [-0.05, 0) is 67.4 Å². The summed E-state index contributed by atoms with van der Waals surface area (Å²) in [5.74, 6) is -0.804. The summed E-state index contributed by atoms with van der Waals surface area (Å²) in [5.41, 5.74) is 2.33. The van der Waals surface area contributed by atoms with Gasteiger partial charge in [0.25, 0.3) is 5.91 Å². The standard InChI is InChI=1S/C26H27N3O5S/c30-23(14-5-15-24(31)34-17-6-10-19-8-2-1-3-9-19)29-26(35)28-21-12-4-11-20(18-21)27-25(32)22-13-7-16-33-22/h1-4,7-9,11-13,16,18H,5-6,10,14-15,17H2,(H,27,32)(H2,28,29,30,35). The summed E-state index contributed by atoms with van der Waals surface area (Å²) < 4.78 is 10.3. The Morgan fingerprint density at radius 3 is 2.37 bits per heavy atom. The highest BCUT2D eigenvalue weighted by Crippen LogP contribution is 2.16. The quantitative estimate of drug-likeness (QED) is 0.202. The van der Waals surface area contributed by atoms with Crippen molar-refractivity contribution in [1.29, 1.82) is 0 Å². The fourth-order valence-corrected chi connectivity index (χ4v) is 3.43. The maximum Gasteiger partial charge on any atom is 0.305 e. The number of rotatable bonds is 11. The van der Waals surface area contributed by atoms with Gasteiger partial charge in [-0.2, -0.15) is 0 Å². The van der Waals surface area contributed by atoms with E-state index in [1.54, 1.807) is 36.4 Å². The van der Waals surface area contributed by atoms with Crippen molar-refractivity contribution in [3.63, 3.8) is 0 Å². The van der Waals surface area contributed by atoms with Gasteiger partial charge in [-0.25, -0.2) is 0 Å². The van der Waals surface area contributed by atoms with Gasteiger partial charge in [0, 0.05) is 24.2 Å². The minimum atomic E-state index is -0.377. The topological polar surface area (TPSA) is 110 Å². The van der Waals surface area contributed by atoms with Crippen molar-refractivity contribution >= 4 is 46.5 Å². The molecule has 9 heteroatoms. The molecule has 0 radical (unpaired) electrons. The first kappa shape index (κ1) is 25.6. The van der Waals surface area contributed by atoms with Gasteiger partial charge in [-0.3, -0.25) is 14.4 Å². The van der Waals surface area contributed by atoms with E-state index in [2.05, 4.69) is 16.0 Å². The van der Waals surface area contributed by atoms with Crippen molar-refractivity contribution in [3.8, 4) is 0 Å². The lowest BCUT2D eigenvalue weighted by Gasteiger charge is -2.11. The maximum atomic E-state index is 12.1. The smallest absolute Gasteiger partial charge is 0.305 e. The zero-order valence-corrected chi connectivity index (χ0v) is 19.9. The number of amides is 2. The number of carbonyl (C=O) groups is 3. The Kier molecular flexibility index (Phi) is 10.0. The van der Waals surface area contributed by atoms with Crippen LogP contribution in [0.25, 0.3) is 0 Å². The molecule has 0 aliphatic carbocycles. The van der Waals surface area contributed by atoms with Gasteiger partial charge in [0.2, 0.25) is 5.91 Å². The van der Waals surface area contributed by atoms with E-state index in [0.717, 1.165) is 12.8 Å². The molecule has 0 atom stereocenters. The Labute approximate surface area is 209 Å². The second-order valence-corrected chi connectivity index (χ2v) is 8.09. The van der Waals surface area contributed by atoms with Crippen LogP contribution in [-0.4, -0.2) is 29.5 Å². The fourth-order valence-electron chi connectivity index (χ4n) is 3.20. The first-order valence-corrected chi connectivity index (χ1v) is 11.7. The number of esters is 1. The highest BCUT2D eigenvalue weighted by Gasteiger charge is 2.11. The molecule has 3 aromatic rings. The van der Waals surface area contributed by atoms with Gasteiger partial charge < -0.3 is 25.1 Å². The normalized spacial score (nSPS) is 10.3. The predicted molar refractivity (Wildman–Crippen MR) is 137 cm³/mol. The summed E-state index contributed by atoms with van der Waals surface area (Å²) in [5, 5.41) is 8.32. The number of benzene rings is 2. The number of thiocarbonyl (C=S) groups is 1. The molecule has 0 aliphatic rings. The van der Waals surface area contributed by atoms with Gasteiger partial charge in [0.15, 0.2) is 10.9 Å². The monoisotopic (exact) mass is 493 g/mol. The third-order valence-electron chi connectivity index (χ3n) is 4.88. The molecule has 1 aromatic heterocycles. The number of hydrogen-bond donors (Lipinski definition) is 3. The zero-order valence-electron chi connectivity index (χ0n) is 19.1. The number of aryl methyl sites for hydroxylation is 1. The van der Waals surface area contributed by atoms with E-state index >= 15 is 0 Å². The molecule has 3 N–H and O–H groups in total. The van der Waals surface area contributed by atoms with Gasteiger partial charge in [0.05, 0.1) is 12.9 Å². The number of carbonyl (C=O) groups excluding carboxylic acids is 3. The molecule has 0 bridgehead atoms. The number of nitrogens with one attached hydrogen (secondary N) is 3. The van der Waals surface area contributed by atoms with Crippen LogP contribution >= 0.6 is 12.2 Å². The molecule has 1 heterocycles. The van der Waals surface area contributed by atoms with Gasteiger partial charge in [0.1, 0.15) is 0 Å². The van der Waals surface area contributed by atoms with Crippen LogP contribution in [0.3, 0.4) is 0 Å². The Morgan fingerprint density at radius 1 is 0.857 bits per heavy atom. The maximum absolute atomic E-state index is 12.1.